The third-order valence-electron chi connectivity index (χ3n) is 6.56. The van der Waals surface area contributed by atoms with Crippen LogP contribution in [0.4, 0.5) is 15.2 Å². The van der Waals surface area contributed by atoms with Gasteiger partial charge < -0.3 is 15.0 Å². The van der Waals surface area contributed by atoms with Crippen LogP contribution >= 0.6 is 23.7 Å². The second kappa shape index (κ2) is 13.5. The topological polar surface area (TPSA) is 104 Å². The first-order chi connectivity index (χ1) is 19.3. The Balaban J connectivity index is 0.00000387. The third-order valence-corrected chi connectivity index (χ3v) is 9.02. The molecule has 0 spiro atoms. The molecule has 0 unspecified atom stereocenters. The number of piperazine rings is 1. The molecule has 0 bridgehead atoms. The van der Waals surface area contributed by atoms with Crippen LogP contribution in [-0.4, -0.2) is 70.1 Å². The number of carbonyl (C=O) groups excluding carboxylic acids is 1. The summed E-state index contributed by atoms with van der Waals surface area (Å²) in [5.74, 6) is -0.0600. The van der Waals surface area contributed by atoms with Crippen LogP contribution in [0.3, 0.4) is 0 Å². The molecule has 218 valence electrons. The summed E-state index contributed by atoms with van der Waals surface area (Å²) in [6, 6.07) is 16.9. The van der Waals surface area contributed by atoms with Crippen molar-refractivity contribution in [3.8, 4) is 5.75 Å². The maximum atomic E-state index is 13.2. The van der Waals surface area contributed by atoms with E-state index in [9.17, 15) is 17.6 Å². The number of benzene rings is 3. The summed E-state index contributed by atoms with van der Waals surface area (Å²) in [6.07, 6.45) is 0. The van der Waals surface area contributed by atoms with Crippen molar-refractivity contribution in [1.82, 2.24) is 15.2 Å². The second-order valence-corrected chi connectivity index (χ2v) is 11.9. The number of halogens is 2. The standard InChI is InChI=1S/C28H30FN5O4S2.ClH/c1-2-38-21-9-12-25-26(19-21)39-28(31-25)34-17-15-33(16-18-34)14-13-30-27(35)23-5-3-4-6-24(23)32-40(36,37)22-10-7-20(29)8-11-22;/h3-12,19,32H,2,13-18H2,1H3,(H,30,35);1H. The fourth-order valence-corrected chi connectivity index (χ4v) is 6.58. The van der Waals surface area contributed by atoms with Crippen molar-refractivity contribution in [1.29, 1.82) is 0 Å². The Kier molecular flexibility index (Phi) is 10.0. The van der Waals surface area contributed by atoms with Crippen LogP contribution in [0.25, 0.3) is 10.2 Å². The van der Waals surface area contributed by atoms with Gasteiger partial charge in [0.15, 0.2) is 5.13 Å². The number of nitrogens with zero attached hydrogens (tertiary/aromatic N) is 3. The lowest BCUT2D eigenvalue weighted by atomic mass is 10.1. The van der Waals surface area contributed by atoms with Gasteiger partial charge in [-0.2, -0.15) is 0 Å². The number of fused-ring (bicyclic) bond motifs is 1. The number of carbonyl (C=O) groups is 1. The lowest BCUT2D eigenvalue weighted by molar-refractivity contribution is 0.0948. The largest absolute Gasteiger partial charge is 0.494 e. The molecule has 4 aromatic rings. The van der Waals surface area contributed by atoms with Crippen molar-refractivity contribution in [2.24, 2.45) is 0 Å². The maximum absolute atomic E-state index is 13.2. The van der Waals surface area contributed by atoms with E-state index in [1.807, 2.05) is 25.1 Å². The van der Waals surface area contributed by atoms with Gasteiger partial charge in [0.25, 0.3) is 15.9 Å². The number of ether oxygens (including phenoxy) is 1. The van der Waals surface area contributed by atoms with Crippen molar-refractivity contribution in [3.05, 3.63) is 78.1 Å². The molecule has 41 heavy (non-hydrogen) atoms. The van der Waals surface area contributed by atoms with E-state index in [1.165, 1.54) is 18.2 Å². The van der Waals surface area contributed by atoms with Crippen LogP contribution in [-0.2, 0) is 10.0 Å². The van der Waals surface area contributed by atoms with Gasteiger partial charge in [0, 0.05) is 39.3 Å². The lowest BCUT2D eigenvalue weighted by Crippen LogP contribution is -2.48. The van der Waals surface area contributed by atoms with Crippen molar-refractivity contribution in [3.63, 3.8) is 0 Å². The van der Waals surface area contributed by atoms with Gasteiger partial charge in [-0.3, -0.25) is 14.4 Å². The predicted molar refractivity (Wildman–Crippen MR) is 163 cm³/mol. The zero-order valence-corrected chi connectivity index (χ0v) is 24.8. The Morgan fingerprint density at radius 3 is 2.51 bits per heavy atom. The van der Waals surface area contributed by atoms with Crippen molar-refractivity contribution in [2.45, 2.75) is 11.8 Å². The van der Waals surface area contributed by atoms with Crippen LogP contribution in [0, 0.1) is 5.82 Å². The summed E-state index contributed by atoms with van der Waals surface area (Å²) in [7, 11) is -3.99. The summed E-state index contributed by atoms with van der Waals surface area (Å²) in [5.41, 5.74) is 1.33. The van der Waals surface area contributed by atoms with E-state index in [1.54, 1.807) is 29.5 Å². The Labute approximate surface area is 248 Å². The molecule has 5 rings (SSSR count). The van der Waals surface area contributed by atoms with Gasteiger partial charge in [-0.25, -0.2) is 17.8 Å². The molecule has 0 atom stereocenters. The van der Waals surface area contributed by atoms with Crippen LogP contribution in [0.5, 0.6) is 5.75 Å². The molecule has 1 aliphatic heterocycles. The van der Waals surface area contributed by atoms with E-state index in [-0.39, 0.29) is 34.5 Å². The van der Waals surface area contributed by atoms with Crippen LogP contribution < -0.4 is 19.7 Å². The van der Waals surface area contributed by atoms with E-state index in [0.717, 1.165) is 59.4 Å². The summed E-state index contributed by atoms with van der Waals surface area (Å²) in [4.78, 5) is 22.2. The summed E-state index contributed by atoms with van der Waals surface area (Å²) < 4.78 is 47.9. The highest BCUT2D eigenvalue weighted by atomic mass is 35.5. The molecule has 1 aromatic heterocycles. The molecule has 1 fully saturated rings. The number of nitrogens with one attached hydrogen (secondary N) is 2. The highest BCUT2D eigenvalue weighted by molar-refractivity contribution is 7.92. The summed E-state index contributed by atoms with van der Waals surface area (Å²) in [6.45, 7) is 7.02. The number of thiazole rings is 1. The van der Waals surface area contributed by atoms with Crippen molar-refractivity contribution >= 4 is 60.7 Å². The monoisotopic (exact) mass is 619 g/mol. The van der Waals surface area contributed by atoms with Gasteiger partial charge in [0.2, 0.25) is 0 Å². The first-order valence-electron chi connectivity index (χ1n) is 13.0. The van der Waals surface area contributed by atoms with Crippen LogP contribution in [0.2, 0.25) is 0 Å². The normalized spacial score (nSPS) is 14.0. The molecule has 2 N–H and O–H groups in total. The molecule has 0 aliphatic carbocycles. The van der Waals surface area contributed by atoms with Gasteiger partial charge in [-0.1, -0.05) is 23.5 Å². The van der Waals surface area contributed by atoms with Gasteiger partial charge in [0.05, 0.1) is 33.0 Å². The zero-order chi connectivity index (χ0) is 28.1. The number of rotatable bonds is 10. The Morgan fingerprint density at radius 2 is 1.78 bits per heavy atom. The van der Waals surface area contributed by atoms with Crippen LogP contribution in [0.1, 0.15) is 17.3 Å². The SMILES string of the molecule is CCOc1ccc2nc(N3CCN(CCNC(=O)c4ccccc4NS(=O)(=O)c4ccc(F)cc4)CC3)sc2c1.Cl. The second-order valence-electron chi connectivity index (χ2n) is 9.25. The smallest absolute Gasteiger partial charge is 0.261 e. The van der Waals surface area contributed by atoms with E-state index in [0.29, 0.717) is 19.7 Å². The third kappa shape index (κ3) is 7.45. The van der Waals surface area contributed by atoms with Gasteiger partial charge in [-0.15, -0.1) is 12.4 Å². The lowest BCUT2D eigenvalue weighted by Gasteiger charge is -2.34. The fourth-order valence-electron chi connectivity index (χ4n) is 4.46. The summed E-state index contributed by atoms with van der Waals surface area (Å²) in [5, 5.41) is 3.89. The average molecular weight is 620 g/mol. The molecule has 0 radical (unpaired) electrons. The number of amides is 1. The Bertz CT molecular complexity index is 1590. The minimum atomic E-state index is -3.99. The number of hydrogen-bond donors (Lipinski definition) is 2. The molecule has 2 heterocycles. The van der Waals surface area contributed by atoms with Crippen LogP contribution in [0.15, 0.2) is 71.6 Å². The highest BCUT2D eigenvalue weighted by Crippen LogP contribution is 2.32. The van der Waals surface area contributed by atoms with Gasteiger partial charge >= 0.3 is 0 Å². The number of para-hydroxylation sites is 1. The first kappa shape index (κ1) is 30.5. The average Bonchev–Trinajstić information content (AvgIpc) is 3.37. The van der Waals surface area contributed by atoms with E-state index >= 15 is 0 Å². The highest BCUT2D eigenvalue weighted by Gasteiger charge is 2.21. The molecule has 9 nitrogen and oxygen atoms in total. The molecular weight excluding hydrogens is 589 g/mol. The molecule has 13 heteroatoms. The number of aromatic nitrogens is 1. The molecule has 3 aromatic carbocycles. The number of sulfonamides is 1. The van der Waals surface area contributed by atoms with Gasteiger partial charge in [0.1, 0.15) is 11.6 Å². The quantitative estimate of drug-likeness (QED) is 0.267. The number of hydrogen-bond acceptors (Lipinski definition) is 8. The molecular formula is C28H31ClFN5O4S2. The fraction of sp³-hybridized carbons (Fsp3) is 0.286. The Hall–Kier alpha value is -3.45. The predicted octanol–water partition coefficient (Wildman–Crippen LogP) is 4.61. The molecule has 1 aliphatic rings. The molecule has 1 amide bonds. The van der Waals surface area contributed by atoms with Gasteiger partial charge in [-0.05, 0) is 61.5 Å². The van der Waals surface area contributed by atoms with E-state index in [2.05, 4.69) is 19.8 Å². The minimum absolute atomic E-state index is 0. The Morgan fingerprint density at radius 1 is 1.05 bits per heavy atom. The first-order valence-corrected chi connectivity index (χ1v) is 15.3. The molecule has 1 saturated heterocycles. The van der Waals surface area contributed by atoms with E-state index < -0.39 is 15.8 Å². The van der Waals surface area contributed by atoms with E-state index in [4.69, 9.17) is 9.72 Å². The number of anilines is 2. The summed E-state index contributed by atoms with van der Waals surface area (Å²) >= 11 is 1.66. The van der Waals surface area contributed by atoms with Crippen molar-refractivity contribution < 1.29 is 22.3 Å². The maximum Gasteiger partial charge on any atom is 0.261 e. The minimum Gasteiger partial charge on any atom is -0.494 e. The van der Waals surface area contributed by atoms with Crippen molar-refractivity contribution in [2.75, 3.05) is 55.5 Å². The zero-order valence-electron chi connectivity index (χ0n) is 22.4. The molecule has 0 saturated carbocycles.